The van der Waals surface area contributed by atoms with Crippen LogP contribution in [0.4, 0.5) is 5.69 Å². The Kier molecular flexibility index (Phi) is 7.71. The minimum Gasteiger partial charge on any atom is -0.325 e. The van der Waals surface area contributed by atoms with Crippen LogP contribution in [-0.2, 0) is 11.3 Å². The van der Waals surface area contributed by atoms with Gasteiger partial charge in [0, 0.05) is 17.8 Å². The number of aromatic nitrogens is 3. The number of carbonyl (C=O) groups is 1. The van der Waals surface area contributed by atoms with Gasteiger partial charge in [-0.05, 0) is 42.2 Å². The van der Waals surface area contributed by atoms with E-state index in [2.05, 4.69) is 48.1 Å². The van der Waals surface area contributed by atoms with Crippen LogP contribution in [0.3, 0.4) is 0 Å². The molecule has 1 heterocycles. The Morgan fingerprint density at radius 2 is 1.97 bits per heavy atom. The highest BCUT2D eigenvalue weighted by Crippen LogP contribution is 2.29. The number of rotatable bonds is 9. The van der Waals surface area contributed by atoms with E-state index in [1.54, 1.807) is 6.08 Å². The van der Waals surface area contributed by atoms with Crippen LogP contribution in [0.2, 0.25) is 5.02 Å². The molecule has 0 unspecified atom stereocenters. The SMILES string of the molecule is C=CCn1c(SCC(=O)Nc2ccc([C@@H](C)CC)cc2)nnc1-c1ccccc1Cl. The molecule has 3 aromatic rings. The zero-order valence-electron chi connectivity index (χ0n) is 17.1. The molecule has 0 aliphatic rings. The van der Waals surface area contributed by atoms with Crippen LogP contribution in [0.5, 0.6) is 0 Å². The molecule has 5 nitrogen and oxygen atoms in total. The van der Waals surface area contributed by atoms with Gasteiger partial charge in [0.15, 0.2) is 11.0 Å². The lowest BCUT2D eigenvalue weighted by atomic mass is 9.99. The molecule has 7 heteroatoms. The molecule has 1 aromatic heterocycles. The van der Waals surface area contributed by atoms with Crippen molar-refractivity contribution in [1.82, 2.24) is 14.8 Å². The Balaban J connectivity index is 1.67. The molecule has 1 atom stereocenters. The molecule has 0 aliphatic carbocycles. The Hall–Kier alpha value is -2.57. The second-order valence-electron chi connectivity index (χ2n) is 6.95. The van der Waals surface area contributed by atoms with Crippen LogP contribution in [0.25, 0.3) is 11.4 Å². The third-order valence-corrected chi connectivity index (χ3v) is 6.15. The lowest BCUT2D eigenvalue weighted by Crippen LogP contribution is -2.14. The first-order chi connectivity index (χ1) is 14.5. The number of halogens is 1. The number of carbonyl (C=O) groups excluding carboxylic acids is 1. The van der Waals surface area contributed by atoms with E-state index < -0.39 is 0 Å². The summed E-state index contributed by atoms with van der Waals surface area (Å²) in [5, 5.41) is 12.7. The number of allylic oxidation sites excluding steroid dienone is 1. The second-order valence-corrected chi connectivity index (χ2v) is 8.30. The Morgan fingerprint density at radius 1 is 1.23 bits per heavy atom. The summed E-state index contributed by atoms with van der Waals surface area (Å²) in [5.41, 5.74) is 2.86. The zero-order chi connectivity index (χ0) is 21.5. The number of nitrogens with one attached hydrogen (secondary N) is 1. The van der Waals surface area contributed by atoms with Crippen molar-refractivity contribution in [3.63, 3.8) is 0 Å². The van der Waals surface area contributed by atoms with Crippen LogP contribution in [0.15, 0.2) is 66.3 Å². The molecule has 0 spiro atoms. The van der Waals surface area contributed by atoms with Crippen molar-refractivity contribution in [3.8, 4) is 11.4 Å². The van der Waals surface area contributed by atoms with Crippen molar-refractivity contribution in [2.75, 3.05) is 11.1 Å². The molecule has 0 saturated carbocycles. The van der Waals surface area contributed by atoms with Gasteiger partial charge in [-0.3, -0.25) is 9.36 Å². The first-order valence-electron chi connectivity index (χ1n) is 9.85. The normalized spacial score (nSPS) is 11.8. The maximum atomic E-state index is 12.4. The van der Waals surface area contributed by atoms with Crippen molar-refractivity contribution in [1.29, 1.82) is 0 Å². The summed E-state index contributed by atoms with van der Waals surface area (Å²) in [6.07, 6.45) is 2.86. The van der Waals surface area contributed by atoms with E-state index in [1.807, 2.05) is 41.0 Å². The highest BCUT2D eigenvalue weighted by Gasteiger charge is 2.16. The molecule has 0 saturated heterocycles. The standard InChI is InChI=1S/C23H25ClN4OS/c1-4-14-28-22(19-8-6-7-9-20(19)24)26-27-23(28)30-15-21(29)25-18-12-10-17(11-13-18)16(3)5-2/h4,6-13,16H,1,5,14-15H2,2-3H3,(H,25,29)/t16-/m0/s1. The summed E-state index contributed by atoms with van der Waals surface area (Å²) in [6, 6.07) is 15.5. The molecule has 0 aliphatic heterocycles. The van der Waals surface area contributed by atoms with Gasteiger partial charge in [0.25, 0.3) is 0 Å². The molecule has 156 valence electrons. The summed E-state index contributed by atoms with van der Waals surface area (Å²) in [4.78, 5) is 12.4. The largest absolute Gasteiger partial charge is 0.325 e. The lowest BCUT2D eigenvalue weighted by Gasteiger charge is -2.11. The number of hydrogen-bond acceptors (Lipinski definition) is 4. The highest BCUT2D eigenvalue weighted by molar-refractivity contribution is 7.99. The van der Waals surface area contributed by atoms with Gasteiger partial charge in [-0.15, -0.1) is 16.8 Å². The van der Waals surface area contributed by atoms with Crippen LogP contribution in [0.1, 0.15) is 31.7 Å². The van der Waals surface area contributed by atoms with Crippen molar-refractivity contribution >= 4 is 35.0 Å². The van der Waals surface area contributed by atoms with Crippen molar-refractivity contribution in [2.45, 2.75) is 37.9 Å². The predicted octanol–water partition coefficient (Wildman–Crippen LogP) is 6.03. The highest BCUT2D eigenvalue weighted by atomic mass is 35.5. The van der Waals surface area contributed by atoms with Gasteiger partial charge in [0.2, 0.25) is 5.91 Å². The molecule has 0 radical (unpaired) electrons. The van der Waals surface area contributed by atoms with Gasteiger partial charge in [-0.2, -0.15) is 0 Å². The molecular formula is C23H25ClN4OS. The van der Waals surface area contributed by atoms with E-state index in [-0.39, 0.29) is 11.7 Å². The van der Waals surface area contributed by atoms with Crippen molar-refractivity contribution < 1.29 is 4.79 Å². The second kappa shape index (κ2) is 10.5. The Morgan fingerprint density at radius 3 is 2.63 bits per heavy atom. The van der Waals surface area contributed by atoms with E-state index in [0.717, 1.165) is 17.7 Å². The fourth-order valence-electron chi connectivity index (χ4n) is 2.99. The van der Waals surface area contributed by atoms with Gasteiger partial charge >= 0.3 is 0 Å². The third-order valence-electron chi connectivity index (χ3n) is 4.85. The van der Waals surface area contributed by atoms with Crippen LogP contribution >= 0.6 is 23.4 Å². The number of nitrogens with zero attached hydrogens (tertiary/aromatic N) is 3. The van der Waals surface area contributed by atoms with E-state index in [4.69, 9.17) is 11.6 Å². The van der Waals surface area contributed by atoms with Gasteiger partial charge in [-0.25, -0.2) is 0 Å². The van der Waals surface area contributed by atoms with Crippen LogP contribution < -0.4 is 5.32 Å². The summed E-state index contributed by atoms with van der Waals surface area (Å²) < 4.78 is 1.91. The monoisotopic (exact) mass is 440 g/mol. The Labute approximate surface area is 186 Å². The predicted molar refractivity (Wildman–Crippen MR) is 125 cm³/mol. The van der Waals surface area contributed by atoms with Gasteiger partial charge in [0.05, 0.1) is 10.8 Å². The van der Waals surface area contributed by atoms with Gasteiger partial charge in [0.1, 0.15) is 0 Å². The molecule has 0 fully saturated rings. The quantitative estimate of drug-likeness (QED) is 0.326. The fraction of sp³-hybridized carbons (Fsp3) is 0.261. The first-order valence-corrected chi connectivity index (χ1v) is 11.2. The smallest absolute Gasteiger partial charge is 0.234 e. The van der Waals surface area contributed by atoms with Crippen molar-refractivity contribution in [3.05, 3.63) is 71.8 Å². The average molecular weight is 441 g/mol. The summed E-state index contributed by atoms with van der Waals surface area (Å²) in [7, 11) is 0. The zero-order valence-corrected chi connectivity index (χ0v) is 18.7. The molecule has 3 rings (SSSR count). The van der Waals surface area contributed by atoms with E-state index in [0.29, 0.717) is 28.5 Å². The topological polar surface area (TPSA) is 59.8 Å². The number of benzene rings is 2. The molecule has 1 N–H and O–H groups in total. The fourth-order valence-corrected chi connectivity index (χ4v) is 3.96. The van der Waals surface area contributed by atoms with Gasteiger partial charge < -0.3 is 5.32 Å². The van der Waals surface area contributed by atoms with Gasteiger partial charge in [-0.1, -0.05) is 67.6 Å². The molecule has 30 heavy (non-hydrogen) atoms. The number of thioether (sulfide) groups is 1. The maximum absolute atomic E-state index is 12.4. The average Bonchev–Trinajstić information content (AvgIpc) is 3.15. The summed E-state index contributed by atoms with van der Waals surface area (Å²) >= 11 is 7.65. The number of hydrogen-bond donors (Lipinski definition) is 1. The molecule has 1 amide bonds. The minimum atomic E-state index is -0.0938. The van der Waals surface area contributed by atoms with Crippen LogP contribution in [-0.4, -0.2) is 26.4 Å². The summed E-state index contributed by atoms with van der Waals surface area (Å²) in [6.45, 7) is 8.70. The van der Waals surface area contributed by atoms with E-state index in [1.165, 1.54) is 17.3 Å². The molecule has 2 aromatic carbocycles. The molecule has 0 bridgehead atoms. The van der Waals surface area contributed by atoms with E-state index >= 15 is 0 Å². The van der Waals surface area contributed by atoms with Crippen molar-refractivity contribution in [2.24, 2.45) is 0 Å². The third kappa shape index (κ3) is 5.32. The molecular weight excluding hydrogens is 416 g/mol. The van der Waals surface area contributed by atoms with E-state index in [9.17, 15) is 4.79 Å². The Bertz CT molecular complexity index is 1020. The minimum absolute atomic E-state index is 0.0938. The summed E-state index contributed by atoms with van der Waals surface area (Å²) in [5.74, 6) is 1.30. The number of anilines is 1. The lowest BCUT2D eigenvalue weighted by molar-refractivity contribution is -0.113. The first kappa shape index (κ1) is 22.1. The maximum Gasteiger partial charge on any atom is 0.234 e. The number of amides is 1. The van der Waals surface area contributed by atoms with Crippen LogP contribution in [0, 0.1) is 0 Å².